The summed E-state index contributed by atoms with van der Waals surface area (Å²) in [6.07, 6.45) is 0. The summed E-state index contributed by atoms with van der Waals surface area (Å²) in [5.41, 5.74) is 8.35. The highest BCUT2D eigenvalue weighted by atomic mass is 35.5. The lowest BCUT2D eigenvalue weighted by molar-refractivity contribution is 0.869. The molecule has 0 fully saturated rings. The Labute approximate surface area is 115 Å². The Morgan fingerprint density at radius 3 is 2.12 bits per heavy atom. The Morgan fingerprint density at radius 2 is 1.65 bits per heavy atom. The molecule has 1 atom stereocenters. The van der Waals surface area contributed by atoms with Crippen molar-refractivity contribution in [1.29, 1.82) is 0 Å². The fourth-order valence-corrected chi connectivity index (χ4v) is 3.41. The summed E-state index contributed by atoms with van der Waals surface area (Å²) in [6, 6.07) is 7.40. The second-order valence-corrected chi connectivity index (χ2v) is 6.38. The highest BCUT2D eigenvalue weighted by Gasteiger charge is 2.14. The Bertz CT molecular complexity index is 528. The second-order valence-electron chi connectivity index (χ2n) is 4.05. The zero-order valence-electron chi connectivity index (χ0n) is 9.63. The third kappa shape index (κ3) is 2.83. The molecule has 1 nitrogen and oxygen atoms in total. The predicted molar refractivity (Wildman–Crippen MR) is 76.3 cm³/mol. The molecule has 1 aromatic heterocycles. The van der Waals surface area contributed by atoms with Gasteiger partial charge in [0.1, 0.15) is 0 Å². The molecule has 2 N–H and O–H groups in total. The first-order valence-electron chi connectivity index (χ1n) is 5.26. The number of halogens is 2. The van der Waals surface area contributed by atoms with E-state index in [-0.39, 0.29) is 6.04 Å². The summed E-state index contributed by atoms with van der Waals surface area (Å²) in [4.78, 5) is 2.51. The molecule has 0 aliphatic rings. The molecule has 2 aromatic rings. The van der Waals surface area contributed by atoms with Crippen LogP contribution in [0.4, 0.5) is 0 Å². The van der Waals surface area contributed by atoms with Gasteiger partial charge in [0.05, 0.1) is 6.04 Å². The third-order valence-corrected chi connectivity index (χ3v) is 4.08. The number of thiophene rings is 1. The lowest BCUT2D eigenvalue weighted by Crippen LogP contribution is -2.12. The molecule has 1 heterocycles. The molecule has 0 amide bonds. The van der Waals surface area contributed by atoms with E-state index in [4.69, 9.17) is 28.9 Å². The number of aryl methyl sites for hydroxylation is 2. The van der Waals surface area contributed by atoms with Crippen LogP contribution in [0, 0.1) is 13.8 Å². The standard InChI is InChI=1S/C13H13Cl2NS/c1-7-3-12(8(2)17-7)13(16)9-4-10(14)6-11(15)5-9/h3-6,13H,16H2,1-2H3. The van der Waals surface area contributed by atoms with Gasteiger partial charge in [0.15, 0.2) is 0 Å². The summed E-state index contributed by atoms with van der Waals surface area (Å²) in [7, 11) is 0. The molecule has 0 spiro atoms. The largest absolute Gasteiger partial charge is 0.320 e. The topological polar surface area (TPSA) is 26.0 Å². The summed E-state index contributed by atoms with van der Waals surface area (Å²) in [5, 5.41) is 1.24. The van der Waals surface area contributed by atoms with Crippen LogP contribution in [-0.4, -0.2) is 0 Å². The molecule has 0 saturated carbocycles. The van der Waals surface area contributed by atoms with Crippen LogP contribution in [0.15, 0.2) is 24.3 Å². The van der Waals surface area contributed by atoms with Crippen LogP contribution in [0.25, 0.3) is 0 Å². The first-order chi connectivity index (χ1) is 7.97. The van der Waals surface area contributed by atoms with Gasteiger partial charge in [-0.05, 0) is 49.2 Å². The molecule has 0 saturated heterocycles. The van der Waals surface area contributed by atoms with Crippen molar-refractivity contribution in [1.82, 2.24) is 0 Å². The quantitative estimate of drug-likeness (QED) is 0.849. The maximum atomic E-state index is 6.26. The van der Waals surface area contributed by atoms with Gasteiger partial charge in [0, 0.05) is 19.8 Å². The van der Waals surface area contributed by atoms with Crippen molar-refractivity contribution in [2.24, 2.45) is 5.73 Å². The lowest BCUT2D eigenvalue weighted by atomic mass is 10.0. The van der Waals surface area contributed by atoms with E-state index in [9.17, 15) is 0 Å². The first kappa shape index (κ1) is 12.9. The van der Waals surface area contributed by atoms with Gasteiger partial charge in [-0.3, -0.25) is 0 Å². The van der Waals surface area contributed by atoms with Crippen LogP contribution in [0.5, 0.6) is 0 Å². The second kappa shape index (κ2) is 4.99. The minimum Gasteiger partial charge on any atom is -0.320 e. The Hall–Kier alpha value is -0.540. The molecule has 0 radical (unpaired) electrons. The molecule has 4 heteroatoms. The maximum absolute atomic E-state index is 6.26. The minimum absolute atomic E-state index is 0.170. The SMILES string of the molecule is Cc1cc(C(N)c2cc(Cl)cc(Cl)c2)c(C)s1. The van der Waals surface area contributed by atoms with E-state index in [1.54, 1.807) is 17.4 Å². The van der Waals surface area contributed by atoms with Gasteiger partial charge in [-0.25, -0.2) is 0 Å². The molecule has 1 aromatic carbocycles. The Balaban J connectivity index is 2.43. The monoisotopic (exact) mass is 285 g/mol. The van der Waals surface area contributed by atoms with Crippen molar-refractivity contribution in [3.05, 3.63) is 55.2 Å². The molecule has 0 aliphatic heterocycles. The van der Waals surface area contributed by atoms with E-state index >= 15 is 0 Å². The average molecular weight is 286 g/mol. The predicted octanol–water partition coefficient (Wildman–Crippen LogP) is 4.72. The van der Waals surface area contributed by atoms with Crippen molar-refractivity contribution >= 4 is 34.5 Å². The molecule has 0 aliphatic carbocycles. The van der Waals surface area contributed by atoms with E-state index in [0.717, 1.165) is 11.1 Å². The van der Waals surface area contributed by atoms with E-state index < -0.39 is 0 Å². The minimum atomic E-state index is -0.170. The number of hydrogen-bond acceptors (Lipinski definition) is 2. The van der Waals surface area contributed by atoms with Crippen molar-refractivity contribution in [2.45, 2.75) is 19.9 Å². The summed E-state index contributed by atoms with van der Waals surface area (Å²) < 4.78 is 0. The number of hydrogen-bond donors (Lipinski definition) is 1. The number of nitrogens with two attached hydrogens (primary N) is 1. The van der Waals surface area contributed by atoms with Gasteiger partial charge in [-0.1, -0.05) is 23.2 Å². The normalized spacial score (nSPS) is 12.8. The Kier molecular flexibility index (Phi) is 3.79. The molecule has 0 bridgehead atoms. The van der Waals surface area contributed by atoms with Gasteiger partial charge < -0.3 is 5.73 Å². The van der Waals surface area contributed by atoms with Crippen molar-refractivity contribution in [3.8, 4) is 0 Å². The van der Waals surface area contributed by atoms with Gasteiger partial charge in [0.25, 0.3) is 0 Å². The first-order valence-corrected chi connectivity index (χ1v) is 6.83. The molecule has 1 unspecified atom stereocenters. The highest BCUT2D eigenvalue weighted by molar-refractivity contribution is 7.12. The van der Waals surface area contributed by atoms with Crippen LogP contribution in [-0.2, 0) is 0 Å². The smallest absolute Gasteiger partial charge is 0.0563 e. The van der Waals surface area contributed by atoms with Gasteiger partial charge in [0.2, 0.25) is 0 Å². The molecular formula is C13H13Cl2NS. The number of rotatable bonds is 2. The van der Waals surface area contributed by atoms with Crippen molar-refractivity contribution in [2.75, 3.05) is 0 Å². The lowest BCUT2D eigenvalue weighted by Gasteiger charge is -2.13. The molecular weight excluding hydrogens is 273 g/mol. The summed E-state index contributed by atoms with van der Waals surface area (Å²) >= 11 is 13.7. The van der Waals surface area contributed by atoms with Crippen molar-refractivity contribution < 1.29 is 0 Å². The zero-order valence-corrected chi connectivity index (χ0v) is 12.0. The van der Waals surface area contributed by atoms with Crippen LogP contribution in [0.3, 0.4) is 0 Å². The van der Waals surface area contributed by atoms with Gasteiger partial charge >= 0.3 is 0 Å². The highest BCUT2D eigenvalue weighted by Crippen LogP contribution is 2.31. The third-order valence-electron chi connectivity index (χ3n) is 2.66. The van der Waals surface area contributed by atoms with Crippen molar-refractivity contribution in [3.63, 3.8) is 0 Å². The molecule has 90 valence electrons. The van der Waals surface area contributed by atoms with Crippen LogP contribution >= 0.6 is 34.5 Å². The van der Waals surface area contributed by atoms with E-state index in [1.165, 1.54) is 9.75 Å². The van der Waals surface area contributed by atoms with Gasteiger partial charge in [-0.2, -0.15) is 0 Å². The summed E-state index contributed by atoms with van der Waals surface area (Å²) in [5.74, 6) is 0. The summed E-state index contributed by atoms with van der Waals surface area (Å²) in [6.45, 7) is 4.16. The van der Waals surface area contributed by atoms with E-state index in [1.807, 2.05) is 12.1 Å². The number of benzene rings is 1. The molecule has 17 heavy (non-hydrogen) atoms. The maximum Gasteiger partial charge on any atom is 0.0563 e. The van der Waals surface area contributed by atoms with E-state index in [2.05, 4.69) is 19.9 Å². The van der Waals surface area contributed by atoms with Crippen LogP contribution in [0.2, 0.25) is 10.0 Å². The van der Waals surface area contributed by atoms with Crippen LogP contribution in [0.1, 0.15) is 26.9 Å². The molecule has 2 rings (SSSR count). The fourth-order valence-electron chi connectivity index (χ4n) is 1.89. The average Bonchev–Trinajstić information content (AvgIpc) is 2.55. The Morgan fingerprint density at radius 1 is 1.06 bits per heavy atom. The fraction of sp³-hybridized carbons (Fsp3) is 0.231. The van der Waals surface area contributed by atoms with Gasteiger partial charge in [-0.15, -0.1) is 11.3 Å². The van der Waals surface area contributed by atoms with Crippen LogP contribution < -0.4 is 5.73 Å². The van der Waals surface area contributed by atoms with E-state index in [0.29, 0.717) is 10.0 Å². The zero-order chi connectivity index (χ0) is 12.6.